The largest absolute Gasteiger partial charge is 0.863 e. The Hall–Kier alpha value is -2.82. The summed E-state index contributed by atoms with van der Waals surface area (Å²) < 4.78 is 0. The van der Waals surface area contributed by atoms with Crippen LogP contribution in [0.25, 0.3) is 0 Å². The zero-order valence-electron chi connectivity index (χ0n) is 12.1. The van der Waals surface area contributed by atoms with Crippen LogP contribution >= 0.6 is 0 Å². The van der Waals surface area contributed by atoms with Gasteiger partial charge in [-0.05, 0) is 12.3 Å². The fourth-order valence-corrected chi connectivity index (χ4v) is 1.37. The lowest BCUT2D eigenvalue weighted by Crippen LogP contribution is -2.50. The monoisotopic (exact) mass is 316 g/mol. The van der Waals surface area contributed by atoms with Gasteiger partial charge in [-0.2, -0.15) is 0 Å². The molecule has 1 aromatic carbocycles. The molecule has 0 amide bonds. The molecule has 0 heterocycles. The fourth-order valence-electron chi connectivity index (χ4n) is 1.37. The molecule has 11 heteroatoms. The zero-order valence-corrected chi connectivity index (χ0v) is 12.1. The van der Waals surface area contributed by atoms with E-state index in [4.69, 9.17) is 0 Å². The van der Waals surface area contributed by atoms with Crippen LogP contribution in [0.5, 0.6) is 5.75 Å². The minimum Gasteiger partial charge on any atom is -0.863 e. The molecule has 1 aromatic rings. The van der Waals surface area contributed by atoms with E-state index in [2.05, 4.69) is 19.6 Å². The SMILES string of the molecule is CC(C)CC[NH3+].O=[N+]([O-])c1cc([N+](=O)[O-])c([O-])c([N+](=O)[O-])c1. The summed E-state index contributed by atoms with van der Waals surface area (Å²) >= 11 is 0. The van der Waals surface area contributed by atoms with Gasteiger partial charge in [-0.15, -0.1) is 0 Å². The van der Waals surface area contributed by atoms with Gasteiger partial charge in [0.05, 0.1) is 39.2 Å². The molecule has 0 saturated carbocycles. The molecule has 0 aliphatic carbocycles. The number of benzene rings is 1. The molecular formula is C11H16N4O7. The third-order valence-corrected chi connectivity index (χ3v) is 2.42. The molecule has 0 saturated heterocycles. The molecule has 0 atom stereocenters. The Morgan fingerprint density at radius 2 is 1.41 bits per heavy atom. The summed E-state index contributed by atoms with van der Waals surface area (Å²) in [5, 5.41) is 42.1. The maximum absolute atomic E-state index is 11.1. The third kappa shape index (κ3) is 5.66. The lowest BCUT2D eigenvalue weighted by molar-refractivity contribution is -0.420. The van der Waals surface area contributed by atoms with Crippen LogP contribution in [0.3, 0.4) is 0 Å². The van der Waals surface area contributed by atoms with Gasteiger partial charge in [0.25, 0.3) is 17.1 Å². The topological polar surface area (TPSA) is 180 Å². The van der Waals surface area contributed by atoms with Crippen LogP contribution < -0.4 is 10.8 Å². The van der Waals surface area contributed by atoms with Crippen LogP contribution in [-0.2, 0) is 0 Å². The molecular weight excluding hydrogens is 300 g/mol. The van der Waals surface area contributed by atoms with E-state index >= 15 is 0 Å². The van der Waals surface area contributed by atoms with Crippen molar-refractivity contribution in [3.05, 3.63) is 42.5 Å². The van der Waals surface area contributed by atoms with Gasteiger partial charge < -0.3 is 10.8 Å². The number of hydrogen-bond acceptors (Lipinski definition) is 7. The molecule has 0 aromatic heterocycles. The van der Waals surface area contributed by atoms with Crippen LogP contribution in [0.2, 0.25) is 0 Å². The number of nitro benzene ring substituents is 3. The molecule has 1 rings (SSSR count). The molecule has 0 fully saturated rings. The van der Waals surface area contributed by atoms with E-state index in [0.717, 1.165) is 12.5 Å². The minimum absolute atomic E-state index is 0.384. The summed E-state index contributed by atoms with van der Waals surface area (Å²) in [5.41, 5.74) is 0.462. The molecule has 0 spiro atoms. The number of quaternary nitrogens is 1. The number of rotatable bonds is 5. The summed E-state index contributed by atoms with van der Waals surface area (Å²) in [6, 6.07) is 0.769. The lowest BCUT2D eigenvalue weighted by atomic mass is 10.1. The van der Waals surface area contributed by atoms with Gasteiger partial charge in [-0.1, -0.05) is 13.8 Å². The maximum Gasteiger partial charge on any atom is 0.283 e. The van der Waals surface area contributed by atoms with Crippen LogP contribution in [0.15, 0.2) is 12.1 Å². The molecule has 0 aliphatic heterocycles. The average Bonchev–Trinajstić information content (AvgIpc) is 2.38. The van der Waals surface area contributed by atoms with Gasteiger partial charge >= 0.3 is 0 Å². The van der Waals surface area contributed by atoms with Gasteiger partial charge in [-0.25, -0.2) is 0 Å². The van der Waals surface area contributed by atoms with Crippen molar-refractivity contribution in [3.8, 4) is 5.75 Å². The first-order valence-electron chi connectivity index (χ1n) is 6.19. The van der Waals surface area contributed by atoms with Crippen LogP contribution in [-0.4, -0.2) is 21.3 Å². The number of hydrogen-bond donors (Lipinski definition) is 1. The van der Waals surface area contributed by atoms with Crippen molar-refractivity contribution in [2.24, 2.45) is 5.92 Å². The first kappa shape index (κ1) is 19.2. The van der Waals surface area contributed by atoms with Gasteiger partial charge in [0.15, 0.2) is 0 Å². The molecule has 0 aliphatic rings. The van der Waals surface area contributed by atoms with E-state index < -0.39 is 37.6 Å². The van der Waals surface area contributed by atoms with Crippen molar-refractivity contribution >= 4 is 17.1 Å². The second-order valence-corrected chi connectivity index (χ2v) is 4.62. The lowest BCUT2D eigenvalue weighted by Gasteiger charge is -2.06. The number of nitro groups is 3. The van der Waals surface area contributed by atoms with Crippen LogP contribution in [0.1, 0.15) is 20.3 Å². The van der Waals surface area contributed by atoms with E-state index in [1.54, 1.807) is 0 Å². The van der Waals surface area contributed by atoms with Crippen molar-refractivity contribution in [2.75, 3.05) is 6.54 Å². The smallest absolute Gasteiger partial charge is 0.283 e. The van der Waals surface area contributed by atoms with Gasteiger partial charge in [0.1, 0.15) is 0 Å². The van der Waals surface area contributed by atoms with E-state index in [1.165, 1.54) is 6.42 Å². The second kappa shape index (κ2) is 8.46. The van der Waals surface area contributed by atoms with E-state index in [-0.39, 0.29) is 0 Å². The van der Waals surface area contributed by atoms with Crippen LogP contribution in [0, 0.1) is 36.3 Å². The number of non-ortho nitro benzene ring substituents is 1. The Morgan fingerprint density at radius 1 is 1.00 bits per heavy atom. The molecule has 122 valence electrons. The Kier molecular flexibility index (Phi) is 7.38. The Balaban J connectivity index is 0.000000626. The van der Waals surface area contributed by atoms with Crippen molar-refractivity contribution in [1.29, 1.82) is 0 Å². The first-order chi connectivity index (χ1) is 10.1. The summed E-state index contributed by atoms with van der Waals surface area (Å²) in [6.07, 6.45) is 1.26. The minimum atomic E-state index is -1.46. The van der Waals surface area contributed by atoms with Gasteiger partial charge in [0, 0.05) is 0 Å². The summed E-state index contributed by atoms with van der Waals surface area (Å²) in [7, 11) is 0. The Bertz CT molecular complexity index is 539. The van der Waals surface area contributed by atoms with Crippen molar-refractivity contribution in [2.45, 2.75) is 20.3 Å². The molecule has 11 nitrogen and oxygen atoms in total. The van der Waals surface area contributed by atoms with Crippen molar-refractivity contribution in [1.82, 2.24) is 0 Å². The van der Waals surface area contributed by atoms with E-state index in [9.17, 15) is 35.4 Å². The molecule has 0 unspecified atom stereocenters. The van der Waals surface area contributed by atoms with E-state index in [0.29, 0.717) is 12.1 Å². The maximum atomic E-state index is 11.1. The molecule has 22 heavy (non-hydrogen) atoms. The second-order valence-electron chi connectivity index (χ2n) is 4.62. The van der Waals surface area contributed by atoms with Crippen molar-refractivity contribution < 1.29 is 25.6 Å². The fraction of sp³-hybridized carbons (Fsp3) is 0.455. The zero-order chi connectivity index (χ0) is 17.4. The van der Waals surface area contributed by atoms with Crippen molar-refractivity contribution in [3.63, 3.8) is 0 Å². The van der Waals surface area contributed by atoms with Crippen LogP contribution in [0.4, 0.5) is 17.1 Å². The predicted molar refractivity (Wildman–Crippen MR) is 73.1 cm³/mol. The highest BCUT2D eigenvalue weighted by molar-refractivity contribution is 5.63. The normalized spacial score (nSPS) is 9.82. The Morgan fingerprint density at radius 3 is 1.59 bits per heavy atom. The molecule has 3 N–H and O–H groups in total. The highest BCUT2D eigenvalue weighted by atomic mass is 16.6. The summed E-state index contributed by atoms with van der Waals surface area (Å²) in [4.78, 5) is 27.5. The highest BCUT2D eigenvalue weighted by Crippen LogP contribution is 2.36. The van der Waals surface area contributed by atoms with Gasteiger partial charge in [-0.3, -0.25) is 30.3 Å². The molecule has 0 bridgehead atoms. The average molecular weight is 316 g/mol. The first-order valence-corrected chi connectivity index (χ1v) is 6.19. The molecule has 0 radical (unpaired) electrons. The third-order valence-electron chi connectivity index (χ3n) is 2.42. The summed E-state index contributed by atoms with van der Waals surface area (Å²) in [6.45, 7) is 5.51. The number of nitrogens with zero attached hydrogens (tertiary/aromatic N) is 3. The quantitative estimate of drug-likeness (QED) is 0.614. The standard InChI is InChI=1S/C6H3N3O7.C5H13N/c10-6-4(8(13)14)1-3(7(11)12)2-5(6)9(15)16;1-5(2)3-4-6/h1-2,10H;5H,3-4,6H2,1-2H3. The van der Waals surface area contributed by atoms with Gasteiger partial charge in [0.2, 0.25) is 0 Å². The highest BCUT2D eigenvalue weighted by Gasteiger charge is 2.24. The van der Waals surface area contributed by atoms with E-state index in [1.807, 2.05) is 0 Å². The predicted octanol–water partition coefficient (Wildman–Crippen LogP) is 0.759. The Labute approximate surface area is 124 Å². The summed E-state index contributed by atoms with van der Waals surface area (Å²) in [5.74, 6) is -0.622.